The third-order valence-electron chi connectivity index (χ3n) is 5.37. The first-order chi connectivity index (χ1) is 15.2. The zero-order valence-electron chi connectivity index (χ0n) is 17.3. The van der Waals surface area contributed by atoms with Crippen LogP contribution in [0.5, 0.6) is 5.75 Å². The fraction of sp³-hybridized carbons (Fsp3) is 0.304. The number of hydrogen-bond donors (Lipinski definition) is 0. The van der Waals surface area contributed by atoms with Crippen LogP contribution in [0.4, 0.5) is 18.9 Å². The molecule has 0 bridgehead atoms. The average molecular weight is 464 g/mol. The van der Waals surface area contributed by atoms with Gasteiger partial charge in [-0.05, 0) is 49.2 Å². The van der Waals surface area contributed by atoms with Gasteiger partial charge in [0.05, 0.1) is 11.3 Å². The molecule has 1 aromatic heterocycles. The number of carbonyl (C=O) groups excluding carboxylic acids is 1. The summed E-state index contributed by atoms with van der Waals surface area (Å²) in [7, 11) is 0. The molecule has 2 aromatic carbocycles. The van der Waals surface area contributed by atoms with Gasteiger partial charge in [0.2, 0.25) is 6.61 Å². The number of hydrogen-bond acceptors (Lipinski definition) is 5. The van der Waals surface area contributed by atoms with Gasteiger partial charge in [-0.2, -0.15) is 13.2 Å². The van der Waals surface area contributed by atoms with Crippen LogP contribution in [0.1, 0.15) is 21.7 Å². The fourth-order valence-corrected chi connectivity index (χ4v) is 4.80. The molecule has 0 aliphatic carbocycles. The first kappa shape index (κ1) is 22.1. The van der Waals surface area contributed by atoms with Gasteiger partial charge >= 0.3 is 12.1 Å². The molecule has 0 saturated carbocycles. The smallest absolute Gasteiger partial charge is 0.553 e. The largest absolute Gasteiger partial charge is 0.562 e. The van der Waals surface area contributed by atoms with Gasteiger partial charge in [-0.15, -0.1) is 11.3 Å². The lowest BCUT2D eigenvalue weighted by Gasteiger charge is -2.19. The van der Waals surface area contributed by atoms with Crippen molar-refractivity contribution in [1.29, 1.82) is 0 Å². The first-order valence-corrected chi connectivity index (χ1v) is 10.9. The SMILES string of the molecule is Cc1nc(-c2ccc(C(F)(F)F)cc2)sc1CCN1CCc2cc(OCC(=O)[OH2+])ccc21. The van der Waals surface area contributed by atoms with E-state index in [0.29, 0.717) is 11.3 Å². The molecule has 1 aliphatic heterocycles. The van der Waals surface area contributed by atoms with Crippen LogP contribution in [0.2, 0.25) is 0 Å². The van der Waals surface area contributed by atoms with Crippen molar-refractivity contribution in [3.05, 3.63) is 64.2 Å². The second-order valence-corrected chi connectivity index (χ2v) is 8.68. The quantitative estimate of drug-likeness (QED) is 0.488. The van der Waals surface area contributed by atoms with E-state index in [1.165, 1.54) is 23.5 Å². The molecular weight excluding hydrogens is 441 g/mol. The highest BCUT2D eigenvalue weighted by molar-refractivity contribution is 7.15. The summed E-state index contributed by atoms with van der Waals surface area (Å²) in [5.41, 5.74) is 3.18. The topological polar surface area (TPSA) is 65.3 Å². The Morgan fingerprint density at radius 3 is 2.66 bits per heavy atom. The Morgan fingerprint density at radius 2 is 1.97 bits per heavy atom. The molecule has 2 N–H and O–H groups in total. The normalized spacial score (nSPS) is 13.3. The molecule has 0 spiro atoms. The van der Waals surface area contributed by atoms with Crippen LogP contribution in [-0.4, -0.2) is 35.8 Å². The molecular formula is C23H22F3N2O3S+. The minimum Gasteiger partial charge on any atom is -0.562 e. The number of anilines is 1. The van der Waals surface area contributed by atoms with E-state index in [2.05, 4.69) is 9.88 Å². The molecule has 0 saturated heterocycles. The molecule has 0 fully saturated rings. The van der Waals surface area contributed by atoms with E-state index in [0.717, 1.165) is 64.9 Å². The van der Waals surface area contributed by atoms with Crippen molar-refractivity contribution in [1.82, 2.24) is 4.98 Å². The average Bonchev–Trinajstić information content (AvgIpc) is 3.33. The van der Waals surface area contributed by atoms with Crippen molar-refractivity contribution >= 4 is 23.0 Å². The molecule has 1 aliphatic rings. The molecule has 3 aromatic rings. The highest BCUT2D eigenvalue weighted by Gasteiger charge is 2.30. The summed E-state index contributed by atoms with van der Waals surface area (Å²) in [5, 5.41) is 7.66. The van der Waals surface area contributed by atoms with E-state index in [4.69, 9.17) is 9.84 Å². The van der Waals surface area contributed by atoms with E-state index >= 15 is 0 Å². The number of aromatic nitrogens is 1. The van der Waals surface area contributed by atoms with E-state index < -0.39 is 17.7 Å². The van der Waals surface area contributed by atoms with E-state index in [-0.39, 0.29) is 6.61 Å². The molecule has 0 radical (unpaired) electrons. The second kappa shape index (κ2) is 8.82. The number of thiazole rings is 1. The lowest BCUT2D eigenvalue weighted by Crippen LogP contribution is -2.23. The monoisotopic (exact) mass is 463 g/mol. The number of aryl methyl sites for hydroxylation is 1. The van der Waals surface area contributed by atoms with E-state index in [9.17, 15) is 18.0 Å². The fourth-order valence-electron chi connectivity index (χ4n) is 3.74. The lowest BCUT2D eigenvalue weighted by molar-refractivity contribution is -0.139. The van der Waals surface area contributed by atoms with E-state index in [1.807, 2.05) is 19.1 Å². The number of carbonyl (C=O) groups is 1. The van der Waals surface area contributed by atoms with Crippen molar-refractivity contribution in [2.24, 2.45) is 0 Å². The van der Waals surface area contributed by atoms with Crippen molar-refractivity contribution in [3.63, 3.8) is 0 Å². The molecule has 168 valence electrons. The molecule has 0 unspecified atom stereocenters. The van der Waals surface area contributed by atoms with Crippen molar-refractivity contribution < 1.29 is 27.8 Å². The van der Waals surface area contributed by atoms with Crippen LogP contribution >= 0.6 is 11.3 Å². The number of benzene rings is 2. The highest BCUT2D eigenvalue weighted by Crippen LogP contribution is 2.34. The molecule has 2 heterocycles. The van der Waals surface area contributed by atoms with Gasteiger partial charge in [-0.3, -0.25) is 0 Å². The molecule has 0 atom stereocenters. The summed E-state index contributed by atoms with van der Waals surface area (Å²) < 4.78 is 43.7. The number of ether oxygens (including phenoxy) is 1. The minimum atomic E-state index is -4.35. The van der Waals surface area contributed by atoms with Crippen LogP contribution in [-0.2, 0) is 23.8 Å². The Hall–Kier alpha value is -3.07. The van der Waals surface area contributed by atoms with E-state index in [1.54, 1.807) is 6.07 Å². The molecule has 5 nitrogen and oxygen atoms in total. The molecule has 4 rings (SSSR count). The summed E-state index contributed by atoms with van der Waals surface area (Å²) in [6.45, 7) is 3.34. The number of rotatable bonds is 7. The van der Waals surface area contributed by atoms with Gasteiger partial charge in [-0.25, -0.2) is 4.98 Å². The van der Waals surface area contributed by atoms with Gasteiger partial charge in [0, 0.05) is 40.4 Å². The Morgan fingerprint density at radius 1 is 1.22 bits per heavy atom. The third-order valence-corrected chi connectivity index (χ3v) is 6.64. The van der Waals surface area contributed by atoms with Gasteiger partial charge in [0.1, 0.15) is 10.8 Å². The van der Waals surface area contributed by atoms with Gasteiger partial charge < -0.3 is 14.7 Å². The zero-order chi connectivity index (χ0) is 22.9. The van der Waals surface area contributed by atoms with Crippen molar-refractivity contribution in [3.8, 4) is 16.3 Å². The summed E-state index contributed by atoms with van der Waals surface area (Å²) in [6.07, 6.45) is -2.69. The number of halogens is 3. The number of alkyl halides is 3. The lowest BCUT2D eigenvalue weighted by atomic mass is 10.1. The predicted molar refractivity (Wildman–Crippen MR) is 117 cm³/mol. The highest BCUT2D eigenvalue weighted by atomic mass is 32.1. The zero-order valence-corrected chi connectivity index (χ0v) is 18.1. The number of nitrogens with zero attached hydrogens (tertiary/aromatic N) is 2. The van der Waals surface area contributed by atoms with Crippen molar-refractivity contribution in [2.75, 3.05) is 24.6 Å². The number of fused-ring (bicyclic) bond motifs is 1. The maximum Gasteiger partial charge on any atom is 0.553 e. The second-order valence-electron chi connectivity index (χ2n) is 7.59. The Bertz CT molecular complexity index is 1130. The summed E-state index contributed by atoms with van der Waals surface area (Å²) in [4.78, 5) is 18.7. The van der Waals surface area contributed by atoms with Gasteiger partial charge in [0.15, 0.2) is 0 Å². The summed E-state index contributed by atoms with van der Waals surface area (Å²) in [6, 6.07) is 10.8. The van der Waals surface area contributed by atoms with Crippen LogP contribution in [0.25, 0.3) is 10.6 Å². The predicted octanol–water partition coefficient (Wildman–Crippen LogP) is 4.37. The third kappa shape index (κ3) is 4.88. The first-order valence-electron chi connectivity index (χ1n) is 10.1. The van der Waals surface area contributed by atoms with Crippen LogP contribution in [0.15, 0.2) is 42.5 Å². The molecule has 32 heavy (non-hydrogen) atoms. The molecule has 0 amide bonds. The van der Waals surface area contributed by atoms with Crippen molar-refractivity contribution in [2.45, 2.75) is 25.9 Å². The summed E-state index contributed by atoms with van der Waals surface area (Å²) >= 11 is 1.51. The Balaban J connectivity index is 1.41. The Kier molecular flexibility index (Phi) is 6.10. The standard InChI is InChI=1S/C23H21F3N2O3S/c1-14-20(32-22(27-14)15-2-4-17(5-3-15)23(24,25)26)9-11-28-10-8-16-12-18(6-7-19(16)28)31-13-21(29)30/h2-7,12H,8-11,13H2,1H3,(H,29,30)/p+1. The van der Waals surface area contributed by atoms with Gasteiger partial charge in [0.25, 0.3) is 0 Å². The maximum atomic E-state index is 12.8. The minimum absolute atomic E-state index is 0.256. The van der Waals surface area contributed by atoms with Gasteiger partial charge in [-0.1, -0.05) is 12.1 Å². The Labute approximate surface area is 187 Å². The summed E-state index contributed by atoms with van der Waals surface area (Å²) in [5.74, 6) is -0.173. The van der Waals surface area contributed by atoms with Crippen LogP contribution in [0.3, 0.4) is 0 Å². The van der Waals surface area contributed by atoms with Crippen LogP contribution < -0.4 is 9.64 Å². The molecule has 9 heteroatoms. The maximum absolute atomic E-state index is 12.8. The van der Waals surface area contributed by atoms with Crippen LogP contribution in [0, 0.1) is 6.92 Å².